The zero-order valence-corrected chi connectivity index (χ0v) is 11.9. The Labute approximate surface area is 122 Å². The Balaban J connectivity index is 1.90. The van der Waals surface area contributed by atoms with Gasteiger partial charge in [-0.05, 0) is 37.5 Å². The van der Waals surface area contributed by atoms with Crippen molar-refractivity contribution in [2.45, 2.75) is 19.3 Å². The van der Waals surface area contributed by atoms with Crippen molar-refractivity contribution < 1.29 is 18.7 Å². The highest BCUT2D eigenvalue weighted by Gasteiger charge is 2.56. The van der Waals surface area contributed by atoms with Crippen molar-refractivity contribution in [2.75, 3.05) is 25.6 Å². The van der Waals surface area contributed by atoms with Crippen LogP contribution in [0.25, 0.3) is 0 Å². The molecule has 0 unspecified atom stereocenters. The van der Waals surface area contributed by atoms with E-state index in [0.717, 1.165) is 0 Å². The molecule has 1 aliphatic rings. The predicted octanol–water partition coefficient (Wildman–Crippen LogP) is 1.70. The fraction of sp³-hybridized carbons (Fsp3) is 0.467. The van der Waals surface area contributed by atoms with Crippen molar-refractivity contribution in [2.24, 2.45) is 5.41 Å². The number of carbonyl (C=O) groups excluding carboxylic acids is 2. The Morgan fingerprint density at radius 2 is 2.10 bits per heavy atom. The predicted molar refractivity (Wildman–Crippen MR) is 76.2 cm³/mol. The van der Waals surface area contributed by atoms with Gasteiger partial charge >= 0.3 is 0 Å². The van der Waals surface area contributed by atoms with Crippen molar-refractivity contribution in [1.29, 1.82) is 0 Å². The van der Waals surface area contributed by atoms with E-state index in [-0.39, 0.29) is 11.8 Å². The van der Waals surface area contributed by atoms with Gasteiger partial charge in [-0.15, -0.1) is 0 Å². The van der Waals surface area contributed by atoms with Crippen LogP contribution in [-0.4, -0.2) is 32.1 Å². The van der Waals surface area contributed by atoms with Gasteiger partial charge in [0.1, 0.15) is 11.2 Å². The molecule has 2 amide bonds. The number of hydrogen-bond donors (Lipinski definition) is 2. The maximum absolute atomic E-state index is 13.1. The van der Waals surface area contributed by atoms with Crippen molar-refractivity contribution in [3.63, 3.8) is 0 Å². The third kappa shape index (κ3) is 3.78. The van der Waals surface area contributed by atoms with E-state index in [0.29, 0.717) is 38.1 Å². The molecule has 0 spiro atoms. The highest BCUT2D eigenvalue weighted by Crippen LogP contribution is 2.46. The molecule has 0 radical (unpaired) electrons. The molecule has 1 fully saturated rings. The minimum atomic E-state index is -1.00. The first kappa shape index (κ1) is 15.4. The Bertz CT molecular complexity index is 529. The number of nitrogens with one attached hydrogen (secondary N) is 2. The van der Waals surface area contributed by atoms with E-state index in [9.17, 15) is 14.0 Å². The number of amides is 2. The molecule has 0 aliphatic heterocycles. The second-order valence-electron chi connectivity index (χ2n) is 5.15. The summed E-state index contributed by atoms with van der Waals surface area (Å²) in [4.78, 5) is 24.3. The third-order valence-corrected chi connectivity index (χ3v) is 3.51. The smallest absolute Gasteiger partial charge is 0.240 e. The largest absolute Gasteiger partial charge is 0.385 e. The number of methoxy groups -OCH3 is 1. The highest BCUT2D eigenvalue weighted by molar-refractivity contribution is 6.13. The van der Waals surface area contributed by atoms with Gasteiger partial charge < -0.3 is 15.4 Å². The lowest BCUT2D eigenvalue weighted by Crippen LogP contribution is -2.40. The minimum Gasteiger partial charge on any atom is -0.385 e. The summed E-state index contributed by atoms with van der Waals surface area (Å²) in [6, 6.07) is 5.62. The molecule has 21 heavy (non-hydrogen) atoms. The lowest BCUT2D eigenvalue weighted by atomic mass is 10.0. The molecule has 1 aromatic rings. The fourth-order valence-corrected chi connectivity index (χ4v) is 2.09. The average Bonchev–Trinajstić information content (AvgIpc) is 3.25. The fourth-order valence-electron chi connectivity index (χ4n) is 2.09. The molecule has 1 aromatic carbocycles. The van der Waals surface area contributed by atoms with Crippen LogP contribution in [0.5, 0.6) is 0 Å². The first-order valence-corrected chi connectivity index (χ1v) is 6.93. The molecule has 2 rings (SSSR count). The number of carbonyl (C=O) groups is 2. The zero-order valence-electron chi connectivity index (χ0n) is 11.9. The summed E-state index contributed by atoms with van der Waals surface area (Å²) in [6.45, 7) is 1.03. The Hall–Kier alpha value is -1.95. The average molecular weight is 294 g/mol. The van der Waals surface area contributed by atoms with Crippen LogP contribution in [0.2, 0.25) is 0 Å². The van der Waals surface area contributed by atoms with E-state index in [4.69, 9.17) is 4.74 Å². The van der Waals surface area contributed by atoms with Gasteiger partial charge in [0.05, 0.1) is 0 Å². The number of rotatable bonds is 7. The van der Waals surface area contributed by atoms with Crippen LogP contribution < -0.4 is 10.6 Å². The summed E-state index contributed by atoms with van der Waals surface area (Å²) in [5.41, 5.74) is -0.641. The van der Waals surface area contributed by atoms with Gasteiger partial charge in [0.15, 0.2) is 0 Å². The number of hydrogen-bond acceptors (Lipinski definition) is 3. The van der Waals surface area contributed by atoms with Crippen LogP contribution in [0.4, 0.5) is 10.1 Å². The summed E-state index contributed by atoms with van der Waals surface area (Å²) in [5, 5.41) is 5.35. The molecule has 0 saturated heterocycles. The van der Waals surface area contributed by atoms with Crippen LogP contribution in [0, 0.1) is 11.2 Å². The maximum Gasteiger partial charge on any atom is 0.240 e. The number of halogens is 1. The molecule has 0 heterocycles. The SMILES string of the molecule is COCCCNC(=O)C1(C(=O)Nc2cccc(F)c2)CC1. The Morgan fingerprint density at radius 3 is 2.71 bits per heavy atom. The first-order chi connectivity index (χ1) is 10.1. The van der Waals surface area contributed by atoms with Crippen molar-refractivity contribution in [1.82, 2.24) is 5.32 Å². The van der Waals surface area contributed by atoms with E-state index < -0.39 is 11.2 Å². The molecule has 1 aliphatic carbocycles. The van der Waals surface area contributed by atoms with Crippen LogP contribution in [0.3, 0.4) is 0 Å². The van der Waals surface area contributed by atoms with Crippen LogP contribution in [0.15, 0.2) is 24.3 Å². The van der Waals surface area contributed by atoms with Gasteiger partial charge in [-0.3, -0.25) is 9.59 Å². The van der Waals surface area contributed by atoms with Crippen molar-refractivity contribution in [3.05, 3.63) is 30.1 Å². The summed E-state index contributed by atoms with van der Waals surface area (Å²) >= 11 is 0. The van der Waals surface area contributed by atoms with Gasteiger partial charge in [-0.1, -0.05) is 6.07 Å². The Morgan fingerprint density at radius 1 is 1.33 bits per heavy atom. The summed E-state index contributed by atoms with van der Waals surface area (Å²) < 4.78 is 18.0. The molecule has 0 atom stereocenters. The second-order valence-corrected chi connectivity index (χ2v) is 5.15. The standard InChI is InChI=1S/C15H19FN2O3/c1-21-9-3-8-17-13(19)15(6-7-15)14(20)18-12-5-2-4-11(16)10-12/h2,4-5,10H,3,6-9H2,1H3,(H,17,19)(H,18,20). The van der Waals surface area contributed by atoms with Gasteiger partial charge in [0.2, 0.25) is 11.8 Å². The van der Waals surface area contributed by atoms with Gasteiger partial charge in [-0.25, -0.2) is 4.39 Å². The van der Waals surface area contributed by atoms with Crippen molar-refractivity contribution in [3.8, 4) is 0 Å². The van der Waals surface area contributed by atoms with Crippen LogP contribution >= 0.6 is 0 Å². The topological polar surface area (TPSA) is 67.4 Å². The van der Waals surface area contributed by atoms with Gasteiger partial charge in [0.25, 0.3) is 0 Å². The van der Waals surface area contributed by atoms with E-state index >= 15 is 0 Å². The Kier molecular flexibility index (Phi) is 4.90. The van der Waals surface area contributed by atoms with Gasteiger partial charge in [0, 0.05) is 25.9 Å². The molecule has 1 saturated carbocycles. The maximum atomic E-state index is 13.1. The molecular weight excluding hydrogens is 275 g/mol. The zero-order chi connectivity index (χ0) is 15.3. The van der Waals surface area contributed by atoms with Crippen LogP contribution in [0.1, 0.15) is 19.3 Å². The summed E-state index contributed by atoms with van der Waals surface area (Å²) in [5.74, 6) is -1.08. The number of benzene rings is 1. The lowest BCUT2D eigenvalue weighted by Gasteiger charge is -2.15. The molecular formula is C15H19FN2O3. The molecule has 2 N–H and O–H groups in total. The van der Waals surface area contributed by atoms with Crippen molar-refractivity contribution >= 4 is 17.5 Å². The molecule has 6 heteroatoms. The highest BCUT2D eigenvalue weighted by atomic mass is 19.1. The quantitative estimate of drug-likeness (QED) is 0.594. The summed E-state index contributed by atoms with van der Waals surface area (Å²) in [6.07, 6.45) is 1.73. The van der Waals surface area contributed by atoms with E-state index in [1.807, 2.05) is 0 Å². The minimum absolute atomic E-state index is 0.271. The number of anilines is 1. The molecule has 0 bridgehead atoms. The molecule has 114 valence electrons. The second kappa shape index (κ2) is 6.67. The monoisotopic (exact) mass is 294 g/mol. The van der Waals surface area contributed by atoms with E-state index in [1.54, 1.807) is 13.2 Å². The number of ether oxygens (including phenoxy) is 1. The van der Waals surface area contributed by atoms with E-state index in [1.165, 1.54) is 18.2 Å². The molecule has 0 aromatic heterocycles. The summed E-state index contributed by atoms with van der Waals surface area (Å²) in [7, 11) is 1.59. The lowest BCUT2D eigenvalue weighted by molar-refractivity contribution is -0.134. The van der Waals surface area contributed by atoms with Crippen LogP contribution in [-0.2, 0) is 14.3 Å². The first-order valence-electron chi connectivity index (χ1n) is 6.93. The normalized spacial score (nSPS) is 15.3. The van der Waals surface area contributed by atoms with E-state index in [2.05, 4.69) is 10.6 Å². The molecule has 5 nitrogen and oxygen atoms in total. The third-order valence-electron chi connectivity index (χ3n) is 3.51. The van der Waals surface area contributed by atoms with Gasteiger partial charge in [-0.2, -0.15) is 0 Å².